The predicted octanol–water partition coefficient (Wildman–Crippen LogP) is 0.957. The van der Waals surface area contributed by atoms with E-state index in [1.165, 1.54) is 13.3 Å². The molecule has 72 valence electrons. The van der Waals surface area contributed by atoms with Gasteiger partial charge in [-0.3, -0.25) is 9.78 Å². The molecule has 0 radical (unpaired) electrons. The molecule has 1 rings (SSSR count). The zero-order valence-electron chi connectivity index (χ0n) is 7.52. The second kappa shape index (κ2) is 4.63. The molecule has 4 nitrogen and oxygen atoms in total. The van der Waals surface area contributed by atoms with E-state index in [0.717, 1.165) is 0 Å². The van der Waals surface area contributed by atoms with Crippen molar-refractivity contribution in [2.24, 2.45) is 0 Å². The van der Waals surface area contributed by atoms with Crippen LogP contribution in [-0.4, -0.2) is 18.1 Å². The molecule has 14 heavy (non-hydrogen) atoms. The average Bonchev–Trinajstić information content (AvgIpc) is 2.21. The summed E-state index contributed by atoms with van der Waals surface area (Å²) < 4.78 is 4.49. The van der Waals surface area contributed by atoms with Crippen molar-refractivity contribution < 1.29 is 9.53 Å². The number of carbonyl (C=O) groups is 1. The summed E-state index contributed by atoms with van der Waals surface area (Å²) >= 11 is 4.11. The van der Waals surface area contributed by atoms with Gasteiger partial charge >= 0.3 is 5.97 Å². The number of esters is 1. The summed E-state index contributed by atoms with van der Waals surface area (Å²) in [6.07, 6.45) is 1.50. The van der Waals surface area contributed by atoms with Gasteiger partial charge in [0.25, 0.3) is 0 Å². The van der Waals surface area contributed by atoms with Crippen molar-refractivity contribution in [3.05, 3.63) is 23.5 Å². The molecule has 0 unspecified atom stereocenters. The Morgan fingerprint density at radius 2 is 2.50 bits per heavy atom. The van der Waals surface area contributed by atoms with Crippen LogP contribution in [0.1, 0.15) is 11.3 Å². The lowest BCUT2D eigenvalue weighted by Crippen LogP contribution is -2.07. The van der Waals surface area contributed by atoms with Crippen molar-refractivity contribution in [1.82, 2.24) is 4.98 Å². The lowest BCUT2D eigenvalue weighted by molar-refractivity contribution is -0.139. The van der Waals surface area contributed by atoms with Gasteiger partial charge in [0.2, 0.25) is 0 Å². The fourth-order valence-electron chi connectivity index (χ4n) is 0.926. The van der Waals surface area contributed by atoms with Gasteiger partial charge in [-0.25, -0.2) is 0 Å². The highest BCUT2D eigenvalue weighted by atomic mass is 32.1. The van der Waals surface area contributed by atoms with Crippen molar-refractivity contribution in [1.29, 1.82) is 5.26 Å². The van der Waals surface area contributed by atoms with E-state index in [0.29, 0.717) is 16.2 Å². The van der Waals surface area contributed by atoms with E-state index in [2.05, 4.69) is 22.3 Å². The van der Waals surface area contributed by atoms with Gasteiger partial charge in [0, 0.05) is 11.1 Å². The molecular weight excluding hydrogens is 200 g/mol. The van der Waals surface area contributed by atoms with E-state index < -0.39 is 5.97 Å². The van der Waals surface area contributed by atoms with Crippen molar-refractivity contribution in [2.45, 2.75) is 11.3 Å². The smallest absolute Gasteiger partial charge is 0.311 e. The summed E-state index contributed by atoms with van der Waals surface area (Å²) in [5, 5.41) is 8.69. The highest BCUT2D eigenvalue weighted by Gasteiger charge is 2.10. The number of rotatable bonds is 2. The van der Waals surface area contributed by atoms with Gasteiger partial charge in [-0.15, -0.1) is 12.6 Å². The van der Waals surface area contributed by atoms with E-state index in [9.17, 15) is 4.79 Å². The zero-order chi connectivity index (χ0) is 10.6. The molecule has 0 saturated carbocycles. The number of aromatic nitrogens is 1. The van der Waals surface area contributed by atoms with E-state index in [1.807, 2.05) is 6.07 Å². The molecule has 1 heterocycles. The number of thiol groups is 1. The minimum Gasteiger partial charge on any atom is -0.469 e. The number of nitrogens with zero attached hydrogens (tertiary/aromatic N) is 2. The van der Waals surface area contributed by atoms with Gasteiger partial charge in [-0.05, 0) is 6.07 Å². The Kier molecular flexibility index (Phi) is 3.48. The maximum Gasteiger partial charge on any atom is 0.311 e. The SMILES string of the molecule is COC(=O)Cc1nccc(C#N)c1S. The molecule has 5 heteroatoms. The first-order valence-corrected chi connectivity index (χ1v) is 4.27. The Labute approximate surface area is 86.9 Å². The van der Waals surface area contributed by atoms with E-state index >= 15 is 0 Å². The summed E-state index contributed by atoms with van der Waals surface area (Å²) in [5.74, 6) is -0.400. The molecule has 0 aliphatic heterocycles. The number of nitriles is 1. The van der Waals surface area contributed by atoms with Crippen LogP contribution in [0.15, 0.2) is 17.2 Å². The number of pyridine rings is 1. The number of methoxy groups -OCH3 is 1. The van der Waals surface area contributed by atoms with Gasteiger partial charge in [0.1, 0.15) is 6.07 Å². The number of ether oxygens (including phenoxy) is 1. The Balaban J connectivity index is 2.99. The minimum absolute atomic E-state index is 0.0326. The molecule has 0 N–H and O–H groups in total. The molecule has 0 aromatic carbocycles. The topological polar surface area (TPSA) is 63.0 Å². The van der Waals surface area contributed by atoms with Crippen LogP contribution in [0.5, 0.6) is 0 Å². The summed E-state index contributed by atoms with van der Waals surface area (Å²) in [6.45, 7) is 0. The average molecular weight is 208 g/mol. The zero-order valence-corrected chi connectivity index (χ0v) is 8.41. The fourth-order valence-corrected chi connectivity index (χ4v) is 1.19. The Hall–Kier alpha value is -1.54. The van der Waals surface area contributed by atoms with Crippen molar-refractivity contribution in [3.8, 4) is 6.07 Å². The van der Waals surface area contributed by atoms with Gasteiger partial charge in [-0.2, -0.15) is 5.26 Å². The van der Waals surface area contributed by atoms with Crippen LogP contribution in [0.25, 0.3) is 0 Å². The van der Waals surface area contributed by atoms with Gasteiger partial charge in [0.15, 0.2) is 0 Å². The van der Waals surface area contributed by atoms with Crippen LogP contribution in [0.2, 0.25) is 0 Å². The van der Waals surface area contributed by atoms with Crippen molar-refractivity contribution in [3.63, 3.8) is 0 Å². The molecule has 0 bridgehead atoms. The molecule has 0 aliphatic carbocycles. The molecular formula is C9H8N2O2S. The third kappa shape index (κ3) is 2.24. The monoisotopic (exact) mass is 208 g/mol. The number of hydrogen-bond donors (Lipinski definition) is 1. The summed E-state index contributed by atoms with van der Waals surface area (Å²) in [7, 11) is 1.30. The van der Waals surface area contributed by atoms with Crippen molar-refractivity contribution in [2.75, 3.05) is 7.11 Å². The summed E-state index contributed by atoms with van der Waals surface area (Å²) in [4.78, 5) is 15.3. The number of hydrogen-bond acceptors (Lipinski definition) is 5. The van der Waals surface area contributed by atoms with E-state index in [4.69, 9.17) is 5.26 Å². The van der Waals surface area contributed by atoms with Crippen LogP contribution in [0.4, 0.5) is 0 Å². The van der Waals surface area contributed by atoms with Gasteiger partial charge < -0.3 is 4.74 Å². The first-order chi connectivity index (χ1) is 6.69. The third-order valence-corrected chi connectivity index (χ3v) is 2.16. The van der Waals surface area contributed by atoms with Crippen molar-refractivity contribution >= 4 is 18.6 Å². The quantitative estimate of drug-likeness (QED) is 0.580. The molecule has 0 aliphatic rings. The van der Waals surface area contributed by atoms with Crippen LogP contribution in [-0.2, 0) is 16.0 Å². The van der Waals surface area contributed by atoms with Crippen LogP contribution in [0, 0.1) is 11.3 Å². The Morgan fingerprint density at radius 1 is 1.79 bits per heavy atom. The molecule has 0 saturated heterocycles. The molecule has 0 atom stereocenters. The Bertz CT molecular complexity index is 398. The highest BCUT2D eigenvalue weighted by molar-refractivity contribution is 7.80. The fraction of sp³-hybridized carbons (Fsp3) is 0.222. The normalized spacial score (nSPS) is 9.21. The second-order valence-corrected chi connectivity index (χ2v) is 2.97. The molecule has 0 spiro atoms. The van der Waals surface area contributed by atoms with Crippen LogP contribution in [0.3, 0.4) is 0 Å². The maximum absolute atomic E-state index is 11.0. The molecule has 1 aromatic heterocycles. The Morgan fingerprint density at radius 3 is 3.07 bits per heavy atom. The highest BCUT2D eigenvalue weighted by Crippen LogP contribution is 2.16. The first kappa shape index (κ1) is 10.5. The maximum atomic E-state index is 11.0. The standard InChI is InChI=1S/C9H8N2O2S/c1-13-8(12)4-7-9(14)6(5-10)2-3-11-7/h2-3,14H,4H2,1H3. The lowest BCUT2D eigenvalue weighted by Gasteiger charge is -2.03. The second-order valence-electron chi connectivity index (χ2n) is 2.52. The summed E-state index contributed by atoms with van der Waals surface area (Å²) in [5.41, 5.74) is 0.862. The van der Waals surface area contributed by atoms with Gasteiger partial charge in [-0.1, -0.05) is 0 Å². The van der Waals surface area contributed by atoms with E-state index in [1.54, 1.807) is 6.07 Å². The largest absolute Gasteiger partial charge is 0.469 e. The van der Waals surface area contributed by atoms with Crippen LogP contribution >= 0.6 is 12.6 Å². The first-order valence-electron chi connectivity index (χ1n) is 3.82. The summed E-state index contributed by atoms with van der Waals surface area (Å²) in [6, 6.07) is 3.50. The molecule has 0 fully saturated rings. The van der Waals surface area contributed by atoms with E-state index in [-0.39, 0.29) is 6.42 Å². The third-order valence-electron chi connectivity index (χ3n) is 1.66. The predicted molar refractivity (Wildman–Crippen MR) is 51.9 cm³/mol. The van der Waals surface area contributed by atoms with Crippen LogP contribution < -0.4 is 0 Å². The lowest BCUT2D eigenvalue weighted by atomic mass is 10.2. The number of carbonyl (C=O) groups excluding carboxylic acids is 1. The molecule has 0 amide bonds. The minimum atomic E-state index is -0.400. The van der Waals surface area contributed by atoms with Gasteiger partial charge in [0.05, 0.1) is 24.8 Å². The molecule has 1 aromatic rings.